The average Bonchev–Trinajstić information content (AvgIpc) is 2.94. The number of nitrogens with two attached hydrogens (primary N) is 1. The first kappa shape index (κ1) is 14.2. The van der Waals surface area contributed by atoms with Crippen LogP contribution in [0.2, 0.25) is 0 Å². The molecular formula is C16H19N5O. The number of anilines is 2. The molecule has 3 rings (SSSR count). The molecule has 0 atom stereocenters. The van der Waals surface area contributed by atoms with Crippen molar-refractivity contribution >= 4 is 22.4 Å². The zero-order chi connectivity index (χ0) is 15.7. The molecule has 0 aliphatic heterocycles. The van der Waals surface area contributed by atoms with Crippen LogP contribution in [0.5, 0.6) is 5.75 Å². The van der Waals surface area contributed by atoms with Crippen LogP contribution in [0.25, 0.3) is 16.7 Å². The number of aromatic nitrogens is 3. The summed E-state index contributed by atoms with van der Waals surface area (Å²) in [5.74, 6) is 2.23. The maximum Gasteiger partial charge on any atom is 0.156 e. The highest BCUT2D eigenvalue weighted by molar-refractivity contribution is 5.91. The predicted molar refractivity (Wildman–Crippen MR) is 88.6 cm³/mol. The van der Waals surface area contributed by atoms with E-state index < -0.39 is 0 Å². The molecule has 2 heterocycles. The number of hydrogen-bond donors (Lipinski definition) is 2. The molecule has 0 radical (unpaired) electrons. The SMILES string of the molecule is COc1ccc2c(N)cc(-n3ccc(NC(C)C)n3)nc2c1. The van der Waals surface area contributed by atoms with Crippen LogP contribution >= 0.6 is 0 Å². The highest BCUT2D eigenvalue weighted by Crippen LogP contribution is 2.26. The minimum absolute atomic E-state index is 0.322. The molecule has 114 valence electrons. The summed E-state index contributed by atoms with van der Waals surface area (Å²) >= 11 is 0. The summed E-state index contributed by atoms with van der Waals surface area (Å²) in [4.78, 5) is 4.62. The van der Waals surface area contributed by atoms with Crippen molar-refractivity contribution in [2.24, 2.45) is 0 Å². The van der Waals surface area contributed by atoms with Gasteiger partial charge in [0.1, 0.15) is 11.6 Å². The predicted octanol–water partition coefficient (Wildman–Crippen LogP) is 2.83. The summed E-state index contributed by atoms with van der Waals surface area (Å²) in [7, 11) is 1.63. The van der Waals surface area contributed by atoms with E-state index in [-0.39, 0.29) is 0 Å². The van der Waals surface area contributed by atoms with Crippen LogP contribution in [0.3, 0.4) is 0 Å². The molecule has 0 spiro atoms. The van der Waals surface area contributed by atoms with Crippen LogP contribution in [0, 0.1) is 0 Å². The molecule has 0 saturated carbocycles. The van der Waals surface area contributed by atoms with Crippen molar-refractivity contribution in [3.63, 3.8) is 0 Å². The van der Waals surface area contributed by atoms with Gasteiger partial charge in [-0.3, -0.25) is 0 Å². The Bertz CT molecular complexity index is 809. The molecule has 0 amide bonds. The van der Waals surface area contributed by atoms with Crippen molar-refractivity contribution in [1.29, 1.82) is 0 Å². The van der Waals surface area contributed by atoms with Crippen LogP contribution in [0.15, 0.2) is 36.5 Å². The largest absolute Gasteiger partial charge is 0.497 e. The van der Waals surface area contributed by atoms with Crippen molar-refractivity contribution in [3.8, 4) is 11.6 Å². The molecule has 0 unspecified atom stereocenters. The second-order valence-corrected chi connectivity index (χ2v) is 5.40. The lowest BCUT2D eigenvalue weighted by Crippen LogP contribution is -2.10. The lowest BCUT2D eigenvalue weighted by molar-refractivity contribution is 0.415. The zero-order valence-corrected chi connectivity index (χ0v) is 12.9. The van der Waals surface area contributed by atoms with Crippen molar-refractivity contribution in [2.45, 2.75) is 19.9 Å². The summed E-state index contributed by atoms with van der Waals surface area (Å²) in [6.45, 7) is 4.13. The third-order valence-corrected chi connectivity index (χ3v) is 3.30. The van der Waals surface area contributed by atoms with Gasteiger partial charge in [-0.05, 0) is 26.0 Å². The summed E-state index contributed by atoms with van der Waals surface area (Å²) in [6.07, 6.45) is 1.86. The zero-order valence-electron chi connectivity index (χ0n) is 12.9. The van der Waals surface area contributed by atoms with E-state index in [0.29, 0.717) is 17.5 Å². The topological polar surface area (TPSA) is 78.0 Å². The van der Waals surface area contributed by atoms with E-state index in [4.69, 9.17) is 10.5 Å². The number of nitrogen functional groups attached to an aromatic ring is 1. The molecule has 2 aromatic heterocycles. The standard InChI is InChI=1S/C16H19N5O/c1-10(2)18-15-6-7-21(20-15)16-9-13(17)12-5-4-11(22-3)8-14(12)19-16/h4-10H,1-3H3,(H2,17,19)(H,18,20). The van der Waals surface area contributed by atoms with Gasteiger partial charge in [-0.2, -0.15) is 0 Å². The van der Waals surface area contributed by atoms with Crippen LogP contribution in [0.1, 0.15) is 13.8 Å². The molecule has 6 nitrogen and oxygen atoms in total. The van der Waals surface area contributed by atoms with Gasteiger partial charge in [0.05, 0.1) is 12.6 Å². The van der Waals surface area contributed by atoms with Gasteiger partial charge in [0.2, 0.25) is 0 Å². The molecule has 3 N–H and O–H groups in total. The second-order valence-electron chi connectivity index (χ2n) is 5.40. The van der Waals surface area contributed by atoms with Gasteiger partial charge in [-0.1, -0.05) is 0 Å². The highest BCUT2D eigenvalue weighted by Gasteiger charge is 2.08. The minimum atomic E-state index is 0.322. The van der Waals surface area contributed by atoms with Crippen molar-refractivity contribution < 1.29 is 4.74 Å². The van der Waals surface area contributed by atoms with Crippen LogP contribution in [-0.4, -0.2) is 27.9 Å². The summed E-state index contributed by atoms with van der Waals surface area (Å²) in [5.41, 5.74) is 7.58. The van der Waals surface area contributed by atoms with Crippen LogP contribution in [-0.2, 0) is 0 Å². The first-order chi connectivity index (χ1) is 10.6. The number of hydrogen-bond acceptors (Lipinski definition) is 5. The van der Waals surface area contributed by atoms with Crippen LogP contribution in [0.4, 0.5) is 11.5 Å². The molecule has 0 bridgehead atoms. The number of benzene rings is 1. The molecule has 0 aliphatic carbocycles. The number of fused-ring (bicyclic) bond motifs is 1. The maximum atomic E-state index is 6.14. The molecule has 0 aliphatic rings. The maximum absolute atomic E-state index is 6.14. The first-order valence-corrected chi connectivity index (χ1v) is 7.13. The smallest absolute Gasteiger partial charge is 0.156 e. The van der Waals surface area contributed by atoms with Crippen LogP contribution < -0.4 is 15.8 Å². The summed E-state index contributed by atoms with van der Waals surface area (Å²) in [6, 6.07) is 9.70. The summed E-state index contributed by atoms with van der Waals surface area (Å²) in [5, 5.41) is 8.62. The Balaban J connectivity index is 2.05. The Morgan fingerprint density at radius 3 is 2.77 bits per heavy atom. The fraction of sp³-hybridized carbons (Fsp3) is 0.250. The van der Waals surface area contributed by atoms with Gasteiger partial charge in [-0.15, -0.1) is 5.10 Å². The van der Waals surface area contributed by atoms with E-state index in [2.05, 4.69) is 29.2 Å². The van der Waals surface area contributed by atoms with Gasteiger partial charge in [-0.25, -0.2) is 9.67 Å². The Morgan fingerprint density at radius 1 is 1.23 bits per heavy atom. The molecule has 0 saturated heterocycles. The Hall–Kier alpha value is -2.76. The number of rotatable bonds is 4. The number of nitrogens with one attached hydrogen (secondary N) is 1. The molecule has 1 aromatic carbocycles. The number of ether oxygens (including phenoxy) is 1. The molecule has 6 heteroatoms. The third kappa shape index (κ3) is 2.67. The minimum Gasteiger partial charge on any atom is -0.497 e. The Labute approximate surface area is 128 Å². The van der Waals surface area contributed by atoms with Gasteiger partial charge in [0, 0.05) is 41.5 Å². The average molecular weight is 297 g/mol. The Morgan fingerprint density at radius 2 is 2.05 bits per heavy atom. The normalized spacial score (nSPS) is 11.1. The lowest BCUT2D eigenvalue weighted by atomic mass is 10.2. The molecule has 22 heavy (non-hydrogen) atoms. The number of nitrogens with zero attached hydrogens (tertiary/aromatic N) is 3. The molecule has 0 fully saturated rings. The first-order valence-electron chi connectivity index (χ1n) is 7.13. The van der Waals surface area contributed by atoms with Gasteiger partial charge >= 0.3 is 0 Å². The lowest BCUT2D eigenvalue weighted by Gasteiger charge is -2.08. The van der Waals surface area contributed by atoms with E-state index in [1.807, 2.05) is 36.5 Å². The van der Waals surface area contributed by atoms with Gasteiger partial charge in [0.15, 0.2) is 5.82 Å². The monoisotopic (exact) mass is 297 g/mol. The fourth-order valence-electron chi connectivity index (χ4n) is 2.29. The summed E-state index contributed by atoms with van der Waals surface area (Å²) < 4.78 is 6.95. The number of pyridine rings is 1. The van der Waals surface area contributed by atoms with E-state index in [1.165, 1.54) is 0 Å². The molecule has 3 aromatic rings. The highest BCUT2D eigenvalue weighted by atomic mass is 16.5. The van der Waals surface area contributed by atoms with Gasteiger partial charge < -0.3 is 15.8 Å². The van der Waals surface area contributed by atoms with Crippen molar-refractivity contribution in [1.82, 2.24) is 14.8 Å². The van der Waals surface area contributed by atoms with E-state index >= 15 is 0 Å². The van der Waals surface area contributed by atoms with Crippen molar-refractivity contribution in [3.05, 3.63) is 36.5 Å². The second kappa shape index (κ2) is 5.55. The fourth-order valence-corrected chi connectivity index (χ4v) is 2.29. The quantitative estimate of drug-likeness (QED) is 0.774. The van der Waals surface area contributed by atoms with Gasteiger partial charge in [0.25, 0.3) is 0 Å². The van der Waals surface area contributed by atoms with E-state index in [9.17, 15) is 0 Å². The Kier molecular flexibility index (Phi) is 3.58. The van der Waals surface area contributed by atoms with E-state index in [0.717, 1.165) is 22.5 Å². The van der Waals surface area contributed by atoms with E-state index in [1.54, 1.807) is 11.8 Å². The third-order valence-electron chi connectivity index (χ3n) is 3.30. The number of methoxy groups -OCH3 is 1. The van der Waals surface area contributed by atoms with Crippen molar-refractivity contribution in [2.75, 3.05) is 18.2 Å². The molecular weight excluding hydrogens is 278 g/mol.